The van der Waals surface area contributed by atoms with Crippen molar-refractivity contribution in [1.82, 2.24) is 9.97 Å². The Kier molecular flexibility index (Phi) is 6.41. The van der Waals surface area contributed by atoms with E-state index >= 15 is 0 Å². The lowest BCUT2D eigenvalue weighted by Gasteiger charge is -2.23. The predicted octanol–water partition coefficient (Wildman–Crippen LogP) is 3.79. The van der Waals surface area contributed by atoms with Gasteiger partial charge in [-0.05, 0) is 49.1 Å². The smallest absolute Gasteiger partial charge is 0.257 e. The highest BCUT2D eigenvalue weighted by Crippen LogP contribution is 2.30. The van der Waals surface area contributed by atoms with Crippen LogP contribution in [0.25, 0.3) is 0 Å². The standard InChI is InChI=1S/C24H24N4O3S/c1-14-10-15(2)12-17(11-14)25-22(30)18-13-19(29)26-21-20(18)23(31)28-24(27-21)32-9-8-16-6-4-3-5-7-16/h3-7,10-12,18H,8-9,13H2,1-2H3,(H,25,30)(H2,26,27,28,29,31). The van der Waals surface area contributed by atoms with E-state index in [2.05, 4.69) is 20.6 Å². The maximum atomic E-state index is 13.0. The number of benzene rings is 2. The summed E-state index contributed by atoms with van der Waals surface area (Å²) in [5, 5.41) is 5.91. The van der Waals surface area contributed by atoms with Crippen molar-refractivity contribution in [2.75, 3.05) is 16.4 Å². The average Bonchev–Trinajstić information content (AvgIpc) is 2.73. The Morgan fingerprint density at radius 1 is 1.12 bits per heavy atom. The van der Waals surface area contributed by atoms with E-state index in [9.17, 15) is 14.4 Å². The van der Waals surface area contributed by atoms with Crippen LogP contribution in [0, 0.1) is 13.8 Å². The second kappa shape index (κ2) is 9.40. The topological polar surface area (TPSA) is 104 Å². The van der Waals surface area contributed by atoms with Gasteiger partial charge < -0.3 is 15.6 Å². The number of carbonyl (C=O) groups is 2. The summed E-state index contributed by atoms with van der Waals surface area (Å²) in [5.74, 6) is -0.762. The molecule has 32 heavy (non-hydrogen) atoms. The normalized spacial score (nSPS) is 15.1. The van der Waals surface area contributed by atoms with Crippen molar-refractivity contribution in [2.45, 2.75) is 37.8 Å². The van der Waals surface area contributed by atoms with Gasteiger partial charge in [-0.1, -0.05) is 48.2 Å². The molecule has 2 amide bonds. The van der Waals surface area contributed by atoms with Crippen molar-refractivity contribution in [3.63, 3.8) is 0 Å². The summed E-state index contributed by atoms with van der Waals surface area (Å²) < 4.78 is 0. The number of aromatic nitrogens is 2. The molecule has 8 heteroatoms. The van der Waals surface area contributed by atoms with Crippen LogP contribution in [0.1, 0.15) is 34.6 Å². The van der Waals surface area contributed by atoms with Gasteiger partial charge in [-0.2, -0.15) is 0 Å². The lowest BCUT2D eigenvalue weighted by Crippen LogP contribution is -2.36. The zero-order valence-corrected chi connectivity index (χ0v) is 18.7. The minimum Gasteiger partial charge on any atom is -0.326 e. The number of hydrogen-bond acceptors (Lipinski definition) is 5. The van der Waals surface area contributed by atoms with Crippen LogP contribution in [-0.2, 0) is 16.0 Å². The summed E-state index contributed by atoms with van der Waals surface area (Å²) in [6.07, 6.45) is 0.717. The molecule has 1 aromatic heterocycles. The Morgan fingerprint density at radius 2 is 1.84 bits per heavy atom. The fraction of sp³-hybridized carbons (Fsp3) is 0.250. The summed E-state index contributed by atoms with van der Waals surface area (Å²) in [6, 6.07) is 15.7. The number of nitrogens with zero attached hydrogens (tertiary/aromatic N) is 1. The number of aryl methyl sites for hydroxylation is 3. The van der Waals surface area contributed by atoms with E-state index in [0.717, 1.165) is 23.3 Å². The first-order valence-corrected chi connectivity index (χ1v) is 11.4. The highest BCUT2D eigenvalue weighted by atomic mass is 32.2. The van der Waals surface area contributed by atoms with E-state index in [4.69, 9.17) is 0 Å². The first-order valence-electron chi connectivity index (χ1n) is 10.4. The average molecular weight is 449 g/mol. The maximum Gasteiger partial charge on any atom is 0.257 e. The molecular weight excluding hydrogens is 424 g/mol. The van der Waals surface area contributed by atoms with Gasteiger partial charge in [0.2, 0.25) is 11.8 Å². The van der Waals surface area contributed by atoms with Gasteiger partial charge in [0.25, 0.3) is 5.56 Å². The maximum absolute atomic E-state index is 13.0. The van der Waals surface area contributed by atoms with Crippen LogP contribution >= 0.6 is 11.8 Å². The first kappa shape index (κ1) is 21.8. The summed E-state index contributed by atoms with van der Waals surface area (Å²) in [7, 11) is 0. The highest BCUT2D eigenvalue weighted by molar-refractivity contribution is 7.99. The number of carbonyl (C=O) groups excluding carboxylic acids is 2. The summed E-state index contributed by atoms with van der Waals surface area (Å²) in [4.78, 5) is 45.3. The number of rotatable bonds is 6. The van der Waals surface area contributed by atoms with E-state index in [1.54, 1.807) is 0 Å². The molecule has 0 spiro atoms. The van der Waals surface area contributed by atoms with E-state index < -0.39 is 17.4 Å². The molecule has 1 unspecified atom stereocenters. The lowest BCUT2D eigenvalue weighted by atomic mass is 9.92. The van der Waals surface area contributed by atoms with Crippen LogP contribution in [0.15, 0.2) is 58.5 Å². The van der Waals surface area contributed by atoms with Crippen molar-refractivity contribution in [1.29, 1.82) is 0 Å². The lowest BCUT2D eigenvalue weighted by molar-refractivity contribution is -0.123. The quantitative estimate of drug-likeness (QED) is 0.393. The van der Waals surface area contributed by atoms with E-state index in [1.165, 1.54) is 17.3 Å². The van der Waals surface area contributed by atoms with Gasteiger partial charge in [0.05, 0.1) is 11.5 Å². The molecule has 0 saturated heterocycles. The monoisotopic (exact) mass is 448 g/mol. The van der Waals surface area contributed by atoms with Crippen molar-refractivity contribution in [2.24, 2.45) is 0 Å². The third-order valence-corrected chi connectivity index (χ3v) is 6.08. The molecule has 0 aliphatic carbocycles. The predicted molar refractivity (Wildman–Crippen MR) is 126 cm³/mol. The van der Waals surface area contributed by atoms with Crippen molar-refractivity contribution < 1.29 is 9.59 Å². The van der Waals surface area contributed by atoms with Crippen molar-refractivity contribution >= 4 is 35.1 Å². The molecule has 164 valence electrons. The summed E-state index contributed by atoms with van der Waals surface area (Å²) in [5.41, 5.74) is 3.64. The Morgan fingerprint density at radius 3 is 2.56 bits per heavy atom. The Labute approximate surface area is 190 Å². The number of amides is 2. The number of hydrogen-bond donors (Lipinski definition) is 3. The molecule has 3 N–H and O–H groups in total. The molecule has 0 fully saturated rings. The van der Waals surface area contributed by atoms with Gasteiger partial charge in [0.15, 0.2) is 5.16 Å². The van der Waals surface area contributed by atoms with Gasteiger partial charge in [0.1, 0.15) is 5.82 Å². The van der Waals surface area contributed by atoms with Crippen LogP contribution in [0.2, 0.25) is 0 Å². The number of aromatic amines is 1. The van der Waals surface area contributed by atoms with Crippen LogP contribution in [0.3, 0.4) is 0 Å². The number of nitrogens with one attached hydrogen (secondary N) is 3. The van der Waals surface area contributed by atoms with Gasteiger partial charge in [-0.3, -0.25) is 14.4 Å². The second-order valence-corrected chi connectivity index (χ2v) is 8.97. The molecule has 2 aromatic carbocycles. The number of H-pyrrole nitrogens is 1. The van der Waals surface area contributed by atoms with Crippen LogP contribution < -0.4 is 16.2 Å². The van der Waals surface area contributed by atoms with E-state index in [0.29, 0.717) is 10.8 Å². The Bertz CT molecular complexity index is 1200. The van der Waals surface area contributed by atoms with Crippen LogP contribution in [-0.4, -0.2) is 27.5 Å². The van der Waals surface area contributed by atoms with Gasteiger partial charge >= 0.3 is 0 Å². The third kappa shape index (κ3) is 5.08. The molecule has 7 nitrogen and oxygen atoms in total. The zero-order valence-electron chi connectivity index (χ0n) is 17.9. The molecular formula is C24H24N4O3S. The van der Waals surface area contributed by atoms with Crippen molar-refractivity contribution in [3.8, 4) is 0 Å². The largest absolute Gasteiger partial charge is 0.326 e. The minimum atomic E-state index is -0.904. The van der Waals surface area contributed by atoms with Crippen molar-refractivity contribution in [3.05, 3.63) is 81.1 Å². The molecule has 0 saturated carbocycles. The van der Waals surface area contributed by atoms with Gasteiger partial charge in [-0.15, -0.1) is 0 Å². The molecule has 0 bridgehead atoms. The fourth-order valence-electron chi connectivity index (χ4n) is 3.83. The molecule has 0 radical (unpaired) electrons. The van der Waals surface area contributed by atoms with Crippen LogP contribution in [0.5, 0.6) is 0 Å². The first-order chi connectivity index (χ1) is 15.4. The van der Waals surface area contributed by atoms with Crippen LogP contribution in [0.4, 0.5) is 11.5 Å². The highest BCUT2D eigenvalue weighted by Gasteiger charge is 2.34. The summed E-state index contributed by atoms with van der Waals surface area (Å²) >= 11 is 1.40. The number of anilines is 2. The third-order valence-electron chi connectivity index (χ3n) is 5.21. The molecule has 4 rings (SSSR count). The SMILES string of the molecule is Cc1cc(C)cc(NC(=O)C2CC(=O)Nc3nc(SCCc4ccccc4)[nH]c(=O)c32)c1. The van der Waals surface area contributed by atoms with Gasteiger partial charge in [-0.25, -0.2) is 4.98 Å². The molecule has 3 aromatic rings. The van der Waals surface area contributed by atoms with E-state index in [1.807, 2.05) is 62.4 Å². The van der Waals surface area contributed by atoms with E-state index in [-0.39, 0.29) is 23.7 Å². The molecule has 1 aliphatic rings. The molecule has 2 heterocycles. The number of thioether (sulfide) groups is 1. The molecule has 1 atom stereocenters. The minimum absolute atomic E-state index is 0.102. The Hall–Kier alpha value is -3.39. The second-order valence-electron chi connectivity index (χ2n) is 7.89. The zero-order chi connectivity index (χ0) is 22.7. The molecule has 1 aliphatic heterocycles. The number of fused-ring (bicyclic) bond motifs is 1. The summed E-state index contributed by atoms with van der Waals surface area (Å²) in [6.45, 7) is 3.88. The fourth-order valence-corrected chi connectivity index (χ4v) is 4.68. The Balaban J connectivity index is 1.53. The van der Waals surface area contributed by atoms with Gasteiger partial charge in [0, 0.05) is 17.9 Å².